The van der Waals surface area contributed by atoms with Crippen LogP contribution < -0.4 is 9.80 Å². The molecular formula is C66H40F2N4. The van der Waals surface area contributed by atoms with Crippen molar-refractivity contribution in [2.24, 2.45) is 0 Å². The number of halogens is 2. The van der Waals surface area contributed by atoms with Crippen molar-refractivity contribution in [1.29, 1.82) is 5.26 Å². The molecule has 4 nitrogen and oxygen atoms in total. The quantitative estimate of drug-likeness (QED) is 0.101. The Bertz CT molecular complexity index is 3820. The topological polar surface area (TPSA) is 34.6 Å². The second kappa shape index (κ2) is 18.2. The number of rotatable bonds is 10. The third-order valence-electron chi connectivity index (χ3n) is 13.5. The molecule has 0 atom stereocenters. The van der Waals surface area contributed by atoms with Gasteiger partial charge in [-0.3, -0.25) is 0 Å². The zero-order chi connectivity index (χ0) is 48.7. The Morgan fingerprint density at radius 3 is 1.14 bits per heavy atom. The maximum Gasteiger partial charge on any atom is 0.187 e. The SMILES string of the molecule is [C-]#[N+]c1ccc(-c2cc(-c3ccccc3)cc(N(c3ccccc3F)c3ccc4ccc5c(N(c6cc(-c7ccccc7)cc(-c7ccc(C#N)cc7)c6)c6ccccc6F)ccc6ccc3c4c65)c2)cc1. The highest BCUT2D eigenvalue weighted by atomic mass is 19.1. The molecule has 0 aromatic heterocycles. The Balaban J connectivity index is 1.10. The summed E-state index contributed by atoms with van der Waals surface area (Å²) in [7, 11) is 0. The van der Waals surface area contributed by atoms with Crippen molar-refractivity contribution >= 4 is 72.1 Å². The first-order valence-electron chi connectivity index (χ1n) is 23.6. The van der Waals surface area contributed by atoms with Gasteiger partial charge in [-0.15, -0.1) is 0 Å². The predicted molar refractivity (Wildman–Crippen MR) is 292 cm³/mol. The molecule has 0 radical (unpaired) electrons. The summed E-state index contributed by atoms with van der Waals surface area (Å²) in [6.45, 7) is 7.57. The number of hydrogen-bond donors (Lipinski definition) is 0. The molecule has 0 fully saturated rings. The van der Waals surface area contributed by atoms with Crippen LogP contribution in [0.15, 0.2) is 243 Å². The van der Waals surface area contributed by atoms with Crippen LogP contribution in [0.5, 0.6) is 0 Å². The minimum atomic E-state index is -0.379. The van der Waals surface area contributed by atoms with E-state index in [4.69, 9.17) is 6.57 Å². The van der Waals surface area contributed by atoms with Crippen LogP contribution in [0.3, 0.4) is 0 Å². The van der Waals surface area contributed by atoms with Crippen LogP contribution in [-0.2, 0) is 0 Å². The summed E-state index contributed by atoms with van der Waals surface area (Å²) in [5, 5.41) is 15.4. The molecule has 0 saturated heterocycles. The lowest BCUT2D eigenvalue weighted by molar-refractivity contribution is 0.628. The fraction of sp³-hybridized carbons (Fsp3) is 0. The summed E-state index contributed by atoms with van der Waals surface area (Å²) in [5.41, 5.74) is 12.5. The molecule has 0 spiro atoms. The minimum absolute atomic E-state index is 0.378. The molecule has 0 unspecified atom stereocenters. The molecule has 0 aliphatic heterocycles. The molecule has 0 bridgehead atoms. The zero-order valence-corrected chi connectivity index (χ0v) is 38.6. The molecule has 72 heavy (non-hydrogen) atoms. The number of nitriles is 1. The van der Waals surface area contributed by atoms with E-state index in [1.165, 1.54) is 12.1 Å². The van der Waals surface area contributed by atoms with Gasteiger partial charge in [0.2, 0.25) is 0 Å². The van der Waals surface area contributed by atoms with Gasteiger partial charge >= 0.3 is 0 Å². The lowest BCUT2D eigenvalue weighted by atomic mass is 9.91. The van der Waals surface area contributed by atoms with Gasteiger partial charge in [0.1, 0.15) is 11.6 Å². The van der Waals surface area contributed by atoms with E-state index in [0.29, 0.717) is 22.6 Å². The van der Waals surface area contributed by atoms with Gasteiger partial charge in [-0.25, -0.2) is 13.6 Å². The van der Waals surface area contributed by atoms with Gasteiger partial charge < -0.3 is 9.80 Å². The Morgan fingerprint density at radius 2 is 0.736 bits per heavy atom. The number of benzene rings is 12. The first kappa shape index (κ1) is 43.4. The van der Waals surface area contributed by atoms with Crippen LogP contribution in [0.1, 0.15) is 5.56 Å². The highest BCUT2D eigenvalue weighted by Crippen LogP contribution is 2.50. The smallest absolute Gasteiger partial charge is 0.187 e. The van der Waals surface area contributed by atoms with Crippen molar-refractivity contribution in [2.45, 2.75) is 0 Å². The third-order valence-corrected chi connectivity index (χ3v) is 13.5. The highest BCUT2D eigenvalue weighted by Gasteiger charge is 2.25. The van der Waals surface area contributed by atoms with Crippen molar-refractivity contribution in [3.8, 4) is 50.6 Å². The fourth-order valence-corrected chi connectivity index (χ4v) is 10.1. The van der Waals surface area contributed by atoms with Crippen LogP contribution in [0.2, 0.25) is 0 Å². The molecule has 12 aromatic rings. The normalized spacial score (nSPS) is 11.2. The van der Waals surface area contributed by atoms with E-state index in [9.17, 15) is 5.26 Å². The molecular weight excluding hydrogens is 887 g/mol. The Labute approximate surface area is 415 Å². The van der Waals surface area contributed by atoms with Crippen molar-refractivity contribution in [2.75, 3.05) is 9.80 Å². The zero-order valence-electron chi connectivity index (χ0n) is 38.6. The summed E-state index contributed by atoms with van der Waals surface area (Å²) in [5.74, 6) is -0.757. The summed E-state index contributed by atoms with van der Waals surface area (Å²) in [6.07, 6.45) is 0. The molecule has 12 rings (SSSR count). The first-order chi connectivity index (χ1) is 35.4. The van der Waals surface area contributed by atoms with Crippen molar-refractivity contribution < 1.29 is 8.78 Å². The minimum Gasteiger partial charge on any atom is -0.307 e. The molecule has 0 amide bonds. The van der Waals surface area contributed by atoms with E-state index in [2.05, 4.69) is 120 Å². The van der Waals surface area contributed by atoms with Crippen molar-refractivity contribution in [3.63, 3.8) is 0 Å². The van der Waals surface area contributed by atoms with E-state index < -0.39 is 0 Å². The summed E-state index contributed by atoms with van der Waals surface area (Å²) < 4.78 is 33.2. The number of anilines is 6. The van der Waals surface area contributed by atoms with E-state index >= 15 is 8.78 Å². The van der Waals surface area contributed by atoms with Crippen molar-refractivity contribution in [1.82, 2.24) is 0 Å². The maximum atomic E-state index is 16.6. The number of hydrogen-bond acceptors (Lipinski definition) is 3. The lowest BCUT2D eigenvalue weighted by Crippen LogP contribution is -2.13. The standard InChI is InChI=1S/C66H40F2N4/c1-70-54-30-24-47(25-31-54)53-37-51(45-14-6-3-7-15-45)39-56(41-53)72(64-19-11-9-17-60(64)68)62-35-29-49-26-32-57-61(34-28-48-27-33-58(62)66(49)65(48)57)71(63-18-10-8-16-59(63)67)55-38-50(44-12-4-2-5-13-44)36-52(40-55)46-22-20-43(42-69)21-23-46/h2-41H. The Morgan fingerprint density at radius 1 is 0.361 bits per heavy atom. The summed E-state index contributed by atoms with van der Waals surface area (Å²) in [6, 6.07) is 80.8. The van der Waals surface area contributed by atoms with Crippen LogP contribution in [0.25, 0.3) is 81.7 Å². The van der Waals surface area contributed by atoms with Crippen LogP contribution >= 0.6 is 0 Å². The van der Waals surface area contributed by atoms with E-state index in [1.54, 1.807) is 12.1 Å². The molecule has 0 saturated carbocycles. The average molecular weight is 927 g/mol. The molecule has 0 N–H and O–H groups in total. The molecule has 0 heterocycles. The van der Waals surface area contributed by atoms with Crippen LogP contribution in [0, 0.1) is 29.5 Å². The average Bonchev–Trinajstić information content (AvgIpc) is 3.44. The second-order valence-electron chi connectivity index (χ2n) is 17.8. The molecule has 0 aliphatic rings. The maximum absolute atomic E-state index is 16.6. The van der Waals surface area contributed by atoms with Gasteiger partial charge in [0, 0.05) is 22.1 Å². The van der Waals surface area contributed by atoms with Gasteiger partial charge in [-0.05, 0) is 151 Å². The third kappa shape index (κ3) is 7.80. The summed E-state index contributed by atoms with van der Waals surface area (Å²) >= 11 is 0. The van der Waals surface area contributed by atoms with Crippen molar-refractivity contribution in [3.05, 3.63) is 271 Å². The van der Waals surface area contributed by atoms with Gasteiger partial charge in [0.15, 0.2) is 5.69 Å². The molecule has 0 aliphatic carbocycles. The predicted octanol–water partition coefficient (Wildman–Crippen LogP) is 18.9. The van der Waals surface area contributed by atoms with E-state index in [-0.39, 0.29) is 11.6 Å². The number of nitrogens with zero attached hydrogens (tertiary/aromatic N) is 4. The van der Waals surface area contributed by atoms with E-state index in [0.717, 1.165) is 99.6 Å². The second-order valence-corrected chi connectivity index (χ2v) is 17.8. The van der Waals surface area contributed by atoms with Crippen LogP contribution in [0.4, 0.5) is 48.6 Å². The highest BCUT2D eigenvalue weighted by molar-refractivity contribution is 6.28. The van der Waals surface area contributed by atoms with Gasteiger partial charge in [-0.2, -0.15) is 5.26 Å². The Hall–Kier alpha value is -9.88. The van der Waals surface area contributed by atoms with E-state index in [1.807, 2.05) is 119 Å². The van der Waals surface area contributed by atoms with Crippen LogP contribution in [-0.4, -0.2) is 0 Å². The van der Waals surface area contributed by atoms with Gasteiger partial charge in [0.05, 0.1) is 41.0 Å². The molecule has 338 valence electrons. The van der Waals surface area contributed by atoms with Gasteiger partial charge in [-0.1, -0.05) is 158 Å². The Kier molecular flexibility index (Phi) is 11.0. The largest absolute Gasteiger partial charge is 0.307 e. The number of para-hydroxylation sites is 2. The molecule has 12 aromatic carbocycles. The molecule has 6 heteroatoms. The lowest BCUT2D eigenvalue weighted by Gasteiger charge is -2.30. The fourth-order valence-electron chi connectivity index (χ4n) is 10.1. The first-order valence-corrected chi connectivity index (χ1v) is 23.6. The monoisotopic (exact) mass is 926 g/mol. The van der Waals surface area contributed by atoms with Gasteiger partial charge in [0.25, 0.3) is 0 Å². The summed E-state index contributed by atoms with van der Waals surface area (Å²) in [4.78, 5) is 7.65.